The number of nitrogens with zero attached hydrogens (tertiary/aromatic N) is 2. The highest BCUT2D eigenvalue weighted by molar-refractivity contribution is 7.11. The van der Waals surface area contributed by atoms with E-state index in [1.807, 2.05) is 11.3 Å². The van der Waals surface area contributed by atoms with Crippen LogP contribution in [0, 0.1) is 17.8 Å². The van der Waals surface area contributed by atoms with Crippen LogP contribution in [0.3, 0.4) is 0 Å². The number of rotatable bonds is 5. The zero-order chi connectivity index (χ0) is 19.0. The van der Waals surface area contributed by atoms with E-state index >= 15 is 0 Å². The maximum Gasteiger partial charge on any atom is 0.225 e. The van der Waals surface area contributed by atoms with Crippen LogP contribution in [0.2, 0.25) is 0 Å². The highest BCUT2D eigenvalue weighted by Gasteiger charge is 2.46. The average molecular weight is 391 g/mol. The number of thiophene rings is 1. The Hall–Kier alpha value is -0.910. The third kappa shape index (κ3) is 4.25. The van der Waals surface area contributed by atoms with E-state index in [0.29, 0.717) is 11.8 Å². The van der Waals surface area contributed by atoms with Crippen LogP contribution in [-0.2, 0) is 17.8 Å². The van der Waals surface area contributed by atoms with Crippen molar-refractivity contribution >= 4 is 17.2 Å². The first kappa shape index (κ1) is 19.4. The van der Waals surface area contributed by atoms with Gasteiger partial charge in [-0.2, -0.15) is 0 Å². The Morgan fingerprint density at radius 1 is 1.22 bits per heavy atom. The van der Waals surface area contributed by atoms with Gasteiger partial charge >= 0.3 is 0 Å². The monoisotopic (exact) mass is 390 g/mol. The average Bonchev–Trinajstić information content (AvgIpc) is 2.99. The normalized spacial score (nSPS) is 29.6. The minimum Gasteiger partial charge on any atom is -0.389 e. The number of likely N-dealkylation sites (tertiary alicyclic amines) is 2. The Kier molecular flexibility index (Phi) is 5.64. The van der Waals surface area contributed by atoms with Crippen LogP contribution in [0.25, 0.3) is 0 Å². The summed E-state index contributed by atoms with van der Waals surface area (Å²) >= 11 is 1.93. The molecule has 27 heavy (non-hydrogen) atoms. The third-order valence-corrected chi connectivity index (χ3v) is 7.92. The van der Waals surface area contributed by atoms with Crippen molar-refractivity contribution in [1.29, 1.82) is 0 Å². The van der Waals surface area contributed by atoms with Gasteiger partial charge in [0.25, 0.3) is 0 Å². The summed E-state index contributed by atoms with van der Waals surface area (Å²) in [6.45, 7) is 8.86. The number of hydrogen-bond donors (Lipinski definition) is 1. The van der Waals surface area contributed by atoms with E-state index < -0.39 is 5.60 Å². The molecule has 1 saturated carbocycles. The number of aliphatic hydroxyl groups is 1. The molecule has 0 radical (unpaired) electrons. The van der Waals surface area contributed by atoms with Crippen molar-refractivity contribution in [2.45, 2.75) is 64.5 Å². The van der Waals surface area contributed by atoms with Crippen LogP contribution in [-0.4, -0.2) is 52.6 Å². The van der Waals surface area contributed by atoms with Crippen molar-refractivity contribution < 1.29 is 9.90 Å². The molecule has 2 saturated heterocycles. The number of fused-ring (bicyclic) bond motifs is 1. The van der Waals surface area contributed by atoms with Gasteiger partial charge in [-0.3, -0.25) is 9.69 Å². The molecule has 1 aliphatic carbocycles. The van der Waals surface area contributed by atoms with Gasteiger partial charge in [0, 0.05) is 54.3 Å². The van der Waals surface area contributed by atoms with Gasteiger partial charge in [-0.15, -0.1) is 11.3 Å². The molecule has 2 atom stereocenters. The maximum absolute atomic E-state index is 12.7. The summed E-state index contributed by atoms with van der Waals surface area (Å²) in [5.74, 6) is 1.50. The van der Waals surface area contributed by atoms with Crippen LogP contribution >= 0.6 is 11.3 Å². The van der Waals surface area contributed by atoms with Gasteiger partial charge in [0.2, 0.25) is 5.91 Å². The molecule has 1 N–H and O–H groups in total. The lowest BCUT2D eigenvalue weighted by Gasteiger charge is -2.51. The second-order valence-electron chi connectivity index (χ2n) is 9.41. The molecule has 2 aliphatic heterocycles. The fraction of sp³-hybridized carbons (Fsp3) is 0.773. The molecule has 0 spiro atoms. The number of carbonyl (C=O) groups is 1. The van der Waals surface area contributed by atoms with Crippen molar-refractivity contribution in [3.8, 4) is 0 Å². The van der Waals surface area contributed by atoms with Crippen molar-refractivity contribution in [2.24, 2.45) is 17.8 Å². The van der Waals surface area contributed by atoms with Crippen LogP contribution in [0.15, 0.2) is 12.1 Å². The van der Waals surface area contributed by atoms with Crippen LogP contribution in [0.5, 0.6) is 0 Å². The van der Waals surface area contributed by atoms with E-state index in [-0.39, 0.29) is 11.8 Å². The molecule has 3 heterocycles. The first-order valence-electron chi connectivity index (χ1n) is 10.7. The number of carbonyl (C=O) groups excluding carboxylic acids is 1. The smallest absolute Gasteiger partial charge is 0.225 e. The Morgan fingerprint density at radius 2 is 1.96 bits per heavy atom. The van der Waals surface area contributed by atoms with Gasteiger partial charge < -0.3 is 10.0 Å². The SMILES string of the molecule is CC(C)Cc1ccc(CN2CC[C@@]3(O)CCN(C(=O)C4CCC4)C[C@H]3C2)s1. The van der Waals surface area contributed by atoms with Crippen LogP contribution < -0.4 is 0 Å². The summed E-state index contributed by atoms with van der Waals surface area (Å²) in [6, 6.07) is 4.55. The minimum absolute atomic E-state index is 0.194. The van der Waals surface area contributed by atoms with Crippen LogP contribution in [0.1, 0.15) is 55.7 Å². The molecule has 4 nitrogen and oxygen atoms in total. The van der Waals surface area contributed by atoms with E-state index in [0.717, 1.165) is 64.8 Å². The molecule has 0 bridgehead atoms. The molecule has 0 unspecified atom stereocenters. The Balaban J connectivity index is 1.36. The quantitative estimate of drug-likeness (QED) is 0.836. The largest absolute Gasteiger partial charge is 0.389 e. The number of piperidine rings is 2. The first-order valence-corrected chi connectivity index (χ1v) is 11.6. The molecule has 1 amide bonds. The summed E-state index contributed by atoms with van der Waals surface area (Å²) < 4.78 is 0. The second-order valence-corrected chi connectivity index (χ2v) is 10.7. The number of hydrogen-bond acceptors (Lipinski definition) is 4. The molecule has 5 heteroatoms. The van der Waals surface area contributed by atoms with E-state index in [9.17, 15) is 9.90 Å². The standard InChI is InChI=1S/C22H34N2O2S/c1-16(2)12-19-6-7-20(27-19)15-23-10-8-22(26)9-11-24(14-18(22)13-23)21(25)17-4-3-5-17/h6-7,16-18,26H,3-5,8-15H2,1-2H3/t18-,22-/m1/s1. The van der Waals surface area contributed by atoms with Crippen molar-refractivity contribution in [1.82, 2.24) is 9.80 Å². The van der Waals surface area contributed by atoms with Crippen molar-refractivity contribution in [3.05, 3.63) is 21.9 Å². The van der Waals surface area contributed by atoms with Gasteiger partial charge in [-0.25, -0.2) is 0 Å². The zero-order valence-electron chi connectivity index (χ0n) is 16.8. The third-order valence-electron chi connectivity index (χ3n) is 6.83. The molecule has 150 valence electrons. The van der Waals surface area contributed by atoms with Gasteiger partial charge in [-0.05, 0) is 50.2 Å². The molecule has 4 rings (SSSR count). The topological polar surface area (TPSA) is 43.8 Å². The molecule has 1 aromatic heterocycles. The lowest BCUT2D eigenvalue weighted by atomic mass is 9.75. The lowest BCUT2D eigenvalue weighted by Crippen LogP contribution is -2.61. The fourth-order valence-corrected chi connectivity index (χ4v) is 6.14. The van der Waals surface area contributed by atoms with E-state index in [1.54, 1.807) is 0 Å². The molecule has 1 aromatic rings. The van der Waals surface area contributed by atoms with Gasteiger partial charge in [0.15, 0.2) is 0 Å². The Morgan fingerprint density at radius 3 is 2.67 bits per heavy atom. The molecule has 0 aromatic carbocycles. The minimum atomic E-state index is -0.564. The van der Waals surface area contributed by atoms with Gasteiger partial charge in [0.1, 0.15) is 0 Å². The molecular formula is C22H34N2O2S. The van der Waals surface area contributed by atoms with E-state index in [4.69, 9.17) is 0 Å². The fourth-order valence-electron chi connectivity index (χ4n) is 4.87. The van der Waals surface area contributed by atoms with Crippen molar-refractivity contribution in [2.75, 3.05) is 26.2 Å². The maximum atomic E-state index is 12.7. The summed E-state index contributed by atoms with van der Waals surface area (Å²) in [6.07, 6.45) is 6.08. The summed E-state index contributed by atoms with van der Waals surface area (Å²) in [5.41, 5.74) is -0.564. The predicted octanol–water partition coefficient (Wildman–Crippen LogP) is 3.53. The van der Waals surface area contributed by atoms with Gasteiger partial charge in [0.05, 0.1) is 5.60 Å². The van der Waals surface area contributed by atoms with Gasteiger partial charge in [-0.1, -0.05) is 20.3 Å². The summed E-state index contributed by atoms with van der Waals surface area (Å²) in [7, 11) is 0. The highest BCUT2D eigenvalue weighted by Crippen LogP contribution is 2.38. The Labute approximate surface area is 167 Å². The number of amides is 1. The van der Waals surface area contributed by atoms with Crippen molar-refractivity contribution in [3.63, 3.8) is 0 Å². The van der Waals surface area contributed by atoms with Crippen LogP contribution in [0.4, 0.5) is 0 Å². The lowest BCUT2D eigenvalue weighted by molar-refractivity contribution is -0.153. The summed E-state index contributed by atoms with van der Waals surface area (Å²) in [4.78, 5) is 20.1. The summed E-state index contributed by atoms with van der Waals surface area (Å²) in [5, 5.41) is 11.1. The Bertz CT molecular complexity index is 669. The predicted molar refractivity (Wildman–Crippen MR) is 110 cm³/mol. The second kappa shape index (κ2) is 7.84. The zero-order valence-corrected chi connectivity index (χ0v) is 17.6. The first-order chi connectivity index (χ1) is 12.9. The van der Waals surface area contributed by atoms with E-state index in [1.165, 1.54) is 16.2 Å². The molecule has 3 fully saturated rings. The molecular weight excluding hydrogens is 356 g/mol. The highest BCUT2D eigenvalue weighted by atomic mass is 32.1. The van der Waals surface area contributed by atoms with E-state index in [2.05, 4.69) is 35.8 Å². The molecule has 3 aliphatic rings.